The summed E-state index contributed by atoms with van der Waals surface area (Å²) in [4.78, 5) is 15.5. The fourth-order valence-electron chi connectivity index (χ4n) is 8.72. The maximum absolute atomic E-state index is 5.25. The van der Waals surface area contributed by atoms with Crippen LogP contribution in [0.5, 0.6) is 0 Å². The Balaban J connectivity index is 1.14. The molecular formula is C48H32N4. The first-order valence-electron chi connectivity index (χ1n) is 17.9. The Bertz CT molecular complexity index is 3050. The van der Waals surface area contributed by atoms with Gasteiger partial charge in [0.05, 0.1) is 11.0 Å². The molecular weight excluding hydrogens is 633 g/mol. The van der Waals surface area contributed by atoms with E-state index >= 15 is 0 Å². The van der Waals surface area contributed by atoms with Crippen molar-refractivity contribution in [1.29, 1.82) is 0 Å². The normalized spacial score (nSPS) is 13.3. The number of hydrogen-bond donors (Lipinski definition) is 0. The molecule has 0 amide bonds. The van der Waals surface area contributed by atoms with Gasteiger partial charge in [-0.1, -0.05) is 141 Å². The van der Waals surface area contributed by atoms with E-state index in [0.717, 1.165) is 22.2 Å². The minimum absolute atomic E-state index is 0.230. The summed E-state index contributed by atoms with van der Waals surface area (Å²) in [7, 11) is 0. The fraction of sp³-hybridized carbons (Fsp3) is 0.0625. The second-order valence-corrected chi connectivity index (χ2v) is 14.4. The van der Waals surface area contributed by atoms with Gasteiger partial charge in [-0.15, -0.1) is 0 Å². The fourth-order valence-corrected chi connectivity index (χ4v) is 8.72. The van der Waals surface area contributed by atoms with Gasteiger partial charge < -0.3 is 0 Å². The van der Waals surface area contributed by atoms with Gasteiger partial charge in [-0.05, 0) is 84.9 Å². The monoisotopic (exact) mass is 664 g/mol. The molecule has 10 aromatic rings. The largest absolute Gasteiger partial charge is 0.278 e. The zero-order valence-electron chi connectivity index (χ0n) is 28.8. The highest BCUT2D eigenvalue weighted by Gasteiger charge is 2.36. The maximum Gasteiger partial charge on any atom is 0.238 e. The standard InChI is InChI=1S/C48H32N4/c1-48(2)41-26-30(24-25-35(41)40-27-38-33-18-8-6-16-31(33)32-17-7-9-19-34(32)39(38)28-42(40)48)46-49-45(29-14-4-3-5-15-29)50-47(51-46)52-43-22-12-10-20-36(43)37-21-11-13-23-44(37)52/h3-28H,1-2H3. The van der Waals surface area contributed by atoms with E-state index in [1.807, 2.05) is 18.2 Å². The van der Waals surface area contributed by atoms with E-state index < -0.39 is 0 Å². The smallest absolute Gasteiger partial charge is 0.238 e. The molecule has 0 N–H and O–H groups in total. The molecule has 0 saturated carbocycles. The molecule has 0 fully saturated rings. The summed E-state index contributed by atoms with van der Waals surface area (Å²) in [5.74, 6) is 1.91. The van der Waals surface area contributed by atoms with Crippen LogP contribution >= 0.6 is 0 Å². The molecule has 0 unspecified atom stereocenters. The number of benzene rings is 8. The van der Waals surface area contributed by atoms with E-state index in [0.29, 0.717) is 17.6 Å². The van der Waals surface area contributed by atoms with E-state index in [4.69, 9.17) is 15.0 Å². The Kier molecular flexibility index (Phi) is 5.98. The lowest BCUT2D eigenvalue weighted by Crippen LogP contribution is -2.15. The van der Waals surface area contributed by atoms with Crippen molar-refractivity contribution in [2.45, 2.75) is 19.3 Å². The molecule has 0 spiro atoms. The third-order valence-electron chi connectivity index (χ3n) is 11.2. The third kappa shape index (κ3) is 4.06. The Morgan fingerprint density at radius 2 is 0.865 bits per heavy atom. The summed E-state index contributed by atoms with van der Waals surface area (Å²) < 4.78 is 2.18. The van der Waals surface area contributed by atoms with Crippen LogP contribution in [0.15, 0.2) is 158 Å². The summed E-state index contributed by atoms with van der Waals surface area (Å²) in [6, 6.07) is 56.5. The number of nitrogens with zero attached hydrogens (tertiary/aromatic N) is 4. The van der Waals surface area contributed by atoms with Crippen molar-refractivity contribution in [3.05, 3.63) is 169 Å². The summed E-state index contributed by atoms with van der Waals surface area (Å²) in [6.45, 7) is 4.70. The van der Waals surface area contributed by atoms with Gasteiger partial charge in [0.15, 0.2) is 11.6 Å². The number of aromatic nitrogens is 4. The first kappa shape index (κ1) is 29.1. The van der Waals surface area contributed by atoms with E-state index in [1.54, 1.807) is 0 Å². The van der Waals surface area contributed by atoms with Gasteiger partial charge in [-0.2, -0.15) is 9.97 Å². The van der Waals surface area contributed by atoms with Gasteiger partial charge in [0.1, 0.15) is 0 Å². The summed E-state index contributed by atoms with van der Waals surface area (Å²) in [5, 5.41) is 10.1. The first-order valence-corrected chi connectivity index (χ1v) is 17.9. The van der Waals surface area contributed by atoms with E-state index in [1.165, 1.54) is 65.3 Å². The van der Waals surface area contributed by atoms with Crippen LogP contribution in [0.4, 0.5) is 0 Å². The minimum atomic E-state index is -0.230. The van der Waals surface area contributed by atoms with Crippen LogP contribution in [-0.2, 0) is 5.41 Å². The Morgan fingerprint density at radius 3 is 1.48 bits per heavy atom. The van der Waals surface area contributed by atoms with Crippen molar-refractivity contribution >= 4 is 54.1 Å². The highest BCUT2D eigenvalue weighted by molar-refractivity contribution is 6.26. The van der Waals surface area contributed by atoms with Gasteiger partial charge >= 0.3 is 0 Å². The van der Waals surface area contributed by atoms with Gasteiger partial charge in [-0.3, -0.25) is 4.57 Å². The molecule has 2 heterocycles. The highest BCUT2D eigenvalue weighted by Crippen LogP contribution is 2.52. The zero-order valence-corrected chi connectivity index (χ0v) is 28.8. The topological polar surface area (TPSA) is 43.6 Å². The average molecular weight is 665 g/mol. The van der Waals surface area contributed by atoms with Crippen LogP contribution in [0, 0.1) is 0 Å². The Labute approximate surface area is 300 Å². The average Bonchev–Trinajstić information content (AvgIpc) is 3.65. The molecule has 0 atom stereocenters. The van der Waals surface area contributed by atoms with Gasteiger partial charge in [0, 0.05) is 27.3 Å². The molecule has 1 aliphatic rings. The molecule has 52 heavy (non-hydrogen) atoms. The van der Waals surface area contributed by atoms with E-state index in [-0.39, 0.29) is 5.41 Å². The van der Waals surface area contributed by atoms with Crippen molar-refractivity contribution in [3.63, 3.8) is 0 Å². The van der Waals surface area contributed by atoms with Crippen LogP contribution in [0.1, 0.15) is 25.0 Å². The number of fused-ring (bicyclic) bond motifs is 12. The second-order valence-electron chi connectivity index (χ2n) is 14.4. The quantitative estimate of drug-likeness (QED) is 0.177. The molecule has 244 valence electrons. The van der Waals surface area contributed by atoms with Crippen LogP contribution in [0.25, 0.3) is 94.0 Å². The molecule has 0 bridgehead atoms. The van der Waals surface area contributed by atoms with Crippen molar-refractivity contribution in [3.8, 4) is 39.9 Å². The van der Waals surface area contributed by atoms with Gasteiger partial charge in [0.2, 0.25) is 5.95 Å². The lowest BCUT2D eigenvalue weighted by atomic mass is 9.80. The number of rotatable bonds is 3. The van der Waals surface area contributed by atoms with Crippen LogP contribution in [0.3, 0.4) is 0 Å². The third-order valence-corrected chi connectivity index (χ3v) is 11.2. The molecule has 2 aromatic heterocycles. The van der Waals surface area contributed by atoms with Crippen LogP contribution in [0.2, 0.25) is 0 Å². The van der Waals surface area contributed by atoms with Crippen LogP contribution < -0.4 is 0 Å². The van der Waals surface area contributed by atoms with Crippen molar-refractivity contribution < 1.29 is 0 Å². The van der Waals surface area contributed by atoms with Gasteiger partial charge in [0.25, 0.3) is 0 Å². The van der Waals surface area contributed by atoms with E-state index in [2.05, 4.69) is 158 Å². The molecule has 11 rings (SSSR count). The molecule has 4 heteroatoms. The van der Waals surface area contributed by atoms with Crippen molar-refractivity contribution in [1.82, 2.24) is 19.5 Å². The highest BCUT2D eigenvalue weighted by atomic mass is 15.2. The second kappa shape index (κ2) is 10.7. The number of hydrogen-bond acceptors (Lipinski definition) is 3. The SMILES string of the molecule is CC1(C)c2cc(-c3nc(-c4ccccc4)nc(-n4c5ccccc5c5ccccc54)n3)ccc2-c2cc3c4ccccc4c4ccccc4c3cc21. The maximum atomic E-state index is 5.25. The zero-order chi connectivity index (χ0) is 34.6. The summed E-state index contributed by atoms with van der Waals surface area (Å²) in [6.07, 6.45) is 0. The Morgan fingerprint density at radius 1 is 0.385 bits per heavy atom. The predicted molar refractivity (Wildman–Crippen MR) is 215 cm³/mol. The molecule has 1 aliphatic carbocycles. The predicted octanol–water partition coefficient (Wildman–Crippen LogP) is 12.1. The molecule has 0 saturated heterocycles. The minimum Gasteiger partial charge on any atom is -0.278 e. The van der Waals surface area contributed by atoms with Crippen molar-refractivity contribution in [2.75, 3.05) is 0 Å². The van der Waals surface area contributed by atoms with Crippen LogP contribution in [-0.4, -0.2) is 19.5 Å². The first-order chi connectivity index (χ1) is 25.5. The molecule has 8 aromatic carbocycles. The molecule has 4 nitrogen and oxygen atoms in total. The van der Waals surface area contributed by atoms with E-state index in [9.17, 15) is 0 Å². The van der Waals surface area contributed by atoms with Gasteiger partial charge in [-0.25, -0.2) is 4.98 Å². The summed E-state index contributed by atoms with van der Waals surface area (Å²) in [5.41, 5.74) is 9.02. The lowest BCUT2D eigenvalue weighted by molar-refractivity contribution is 0.661. The Hall–Kier alpha value is -6.65. The lowest BCUT2D eigenvalue weighted by Gasteiger charge is -2.23. The molecule has 0 aliphatic heterocycles. The summed E-state index contributed by atoms with van der Waals surface area (Å²) >= 11 is 0. The van der Waals surface area contributed by atoms with Crippen molar-refractivity contribution in [2.24, 2.45) is 0 Å². The molecule has 0 radical (unpaired) electrons. The number of para-hydroxylation sites is 2.